The summed E-state index contributed by atoms with van der Waals surface area (Å²) in [5.41, 5.74) is 6.98. The Balaban J connectivity index is 2.44. The predicted octanol–water partition coefficient (Wildman–Crippen LogP) is 1.70. The first kappa shape index (κ1) is 10.9. The SMILES string of the molecule is CN(c1cc(N)ncn1)c1ccccc1C#N. The standard InChI is InChI=1S/C12H11N5/c1-17(12-6-11(14)15-8-16-12)10-5-3-2-4-9(10)7-13/h2-6,8H,1H3,(H2,14,15,16). The summed E-state index contributed by atoms with van der Waals surface area (Å²) in [6, 6.07) is 11.1. The zero-order valence-electron chi connectivity index (χ0n) is 9.33. The molecule has 0 atom stereocenters. The molecule has 0 aliphatic heterocycles. The highest BCUT2D eigenvalue weighted by molar-refractivity contribution is 5.67. The second-order valence-corrected chi connectivity index (χ2v) is 3.49. The van der Waals surface area contributed by atoms with Crippen LogP contribution in [0.4, 0.5) is 17.3 Å². The first-order chi connectivity index (χ1) is 8.22. The number of hydrogen-bond donors (Lipinski definition) is 1. The molecule has 2 rings (SSSR count). The van der Waals surface area contributed by atoms with Gasteiger partial charge in [0.1, 0.15) is 24.0 Å². The molecule has 0 bridgehead atoms. The zero-order valence-corrected chi connectivity index (χ0v) is 9.33. The van der Waals surface area contributed by atoms with E-state index in [1.54, 1.807) is 17.0 Å². The molecule has 0 saturated carbocycles. The highest BCUT2D eigenvalue weighted by Crippen LogP contribution is 2.25. The topological polar surface area (TPSA) is 78.8 Å². The van der Waals surface area contributed by atoms with E-state index in [9.17, 15) is 0 Å². The third-order valence-corrected chi connectivity index (χ3v) is 2.40. The van der Waals surface area contributed by atoms with Crippen molar-refractivity contribution in [1.82, 2.24) is 9.97 Å². The molecule has 2 N–H and O–H groups in total. The van der Waals surface area contributed by atoms with Gasteiger partial charge >= 0.3 is 0 Å². The summed E-state index contributed by atoms with van der Waals surface area (Å²) in [5.74, 6) is 1.05. The number of hydrogen-bond acceptors (Lipinski definition) is 5. The Labute approximate surface area is 99.1 Å². The van der Waals surface area contributed by atoms with Gasteiger partial charge in [0.05, 0.1) is 11.3 Å². The van der Waals surface area contributed by atoms with Gasteiger partial charge in [-0.05, 0) is 12.1 Å². The van der Waals surface area contributed by atoms with Gasteiger partial charge in [0.25, 0.3) is 0 Å². The lowest BCUT2D eigenvalue weighted by Crippen LogP contribution is -2.13. The maximum absolute atomic E-state index is 9.03. The molecule has 0 radical (unpaired) electrons. The number of rotatable bonds is 2. The van der Waals surface area contributed by atoms with E-state index in [0.717, 1.165) is 5.69 Å². The van der Waals surface area contributed by atoms with Gasteiger partial charge in [-0.1, -0.05) is 12.1 Å². The first-order valence-corrected chi connectivity index (χ1v) is 5.03. The lowest BCUT2D eigenvalue weighted by atomic mass is 10.2. The van der Waals surface area contributed by atoms with Crippen molar-refractivity contribution in [3.05, 3.63) is 42.2 Å². The molecule has 0 fully saturated rings. The average molecular weight is 225 g/mol. The molecular weight excluding hydrogens is 214 g/mol. The number of anilines is 3. The number of aromatic nitrogens is 2. The number of nitrogens with two attached hydrogens (primary N) is 1. The number of nitrogen functional groups attached to an aromatic ring is 1. The fourth-order valence-electron chi connectivity index (χ4n) is 1.53. The van der Waals surface area contributed by atoms with Gasteiger partial charge in [-0.2, -0.15) is 5.26 Å². The fourth-order valence-corrected chi connectivity index (χ4v) is 1.53. The quantitative estimate of drug-likeness (QED) is 0.841. The maximum atomic E-state index is 9.03. The molecule has 1 heterocycles. The van der Waals surface area contributed by atoms with Gasteiger partial charge < -0.3 is 10.6 Å². The van der Waals surface area contributed by atoms with Crippen LogP contribution < -0.4 is 10.6 Å². The molecule has 17 heavy (non-hydrogen) atoms. The molecule has 5 nitrogen and oxygen atoms in total. The zero-order chi connectivity index (χ0) is 12.3. The van der Waals surface area contributed by atoms with Gasteiger partial charge in [0, 0.05) is 13.1 Å². The van der Waals surface area contributed by atoms with Crippen LogP contribution in [-0.2, 0) is 0 Å². The Morgan fingerprint density at radius 3 is 2.76 bits per heavy atom. The fraction of sp³-hybridized carbons (Fsp3) is 0.0833. The van der Waals surface area contributed by atoms with Crippen molar-refractivity contribution < 1.29 is 0 Å². The van der Waals surface area contributed by atoms with E-state index in [0.29, 0.717) is 17.2 Å². The van der Waals surface area contributed by atoms with Gasteiger partial charge in [0.15, 0.2) is 0 Å². The van der Waals surface area contributed by atoms with Crippen molar-refractivity contribution in [2.24, 2.45) is 0 Å². The number of nitrogens with zero attached hydrogens (tertiary/aromatic N) is 4. The molecule has 84 valence electrons. The minimum atomic E-state index is 0.399. The second kappa shape index (κ2) is 4.49. The van der Waals surface area contributed by atoms with Gasteiger partial charge in [0.2, 0.25) is 0 Å². The summed E-state index contributed by atoms with van der Waals surface area (Å²) in [6.07, 6.45) is 1.40. The van der Waals surface area contributed by atoms with Gasteiger partial charge in [-0.25, -0.2) is 9.97 Å². The Morgan fingerprint density at radius 1 is 1.29 bits per heavy atom. The lowest BCUT2D eigenvalue weighted by Gasteiger charge is -2.19. The Morgan fingerprint density at radius 2 is 2.06 bits per heavy atom. The van der Waals surface area contributed by atoms with Gasteiger partial charge in [-0.15, -0.1) is 0 Å². The van der Waals surface area contributed by atoms with E-state index in [1.807, 2.05) is 25.2 Å². The summed E-state index contributed by atoms with van der Waals surface area (Å²) in [5, 5.41) is 9.03. The third kappa shape index (κ3) is 2.16. The van der Waals surface area contributed by atoms with Crippen molar-refractivity contribution in [1.29, 1.82) is 5.26 Å². The van der Waals surface area contributed by atoms with Crippen molar-refractivity contribution in [3.63, 3.8) is 0 Å². The Kier molecular flexibility index (Phi) is 2.88. The Bertz CT molecular complexity index is 573. The summed E-state index contributed by atoms with van der Waals surface area (Å²) < 4.78 is 0. The van der Waals surface area contributed by atoms with Crippen molar-refractivity contribution in [3.8, 4) is 6.07 Å². The molecule has 5 heteroatoms. The van der Waals surface area contributed by atoms with E-state index < -0.39 is 0 Å². The summed E-state index contributed by atoms with van der Waals surface area (Å²) in [7, 11) is 1.83. The smallest absolute Gasteiger partial charge is 0.138 e. The molecule has 0 saturated heterocycles. The summed E-state index contributed by atoms with van der Waals surface area (Å²) in [6.45, 7) is 0. The monoisotopic (exact) mass is 225 g/mol. The van der Waals surface area contributed by atoms with Crippen LogP contribution in [0.2, 0.25) is 0 Å². The molecule has 0 spiro atoms. The molecule has 2 aromatic rings. The van der Waals surface area contributed by atoms with Crippen LogP contribution in [0, 0.1) is 11.3 Å². The molecule has 1 aromatic heterocycles. The molecule has 0 aliphatic carbocycles. The molecule has 1 aromatic carbocycles. The summed E-state index contributed by atoms with van der Waals surface area (Å²) in [4.78, 5) is 9.75. The first-order valence-electron chi connectivity index (χ1n) is 5.03. The number of nitriles is 1. The van der Waals surface area contributed by atoms with E-state index in [1.165, 1.54) is 6.33 Å². The maximum Gasteiger partial charge on any atom is 0.138 e. The number of benzene rings is 1. The van der Waals surface area contributed by atoms with Crippen molar-refractivity contribution in [2.75, 3.05) is 17.7 Å². The van der Waals surface area contributed by atoms with E-state index in [-0.39, 0.29) is 0 Å². The summed E-state index contributed by atoms with van der Waals surface area (Å²) >= 11 is 0. The number of para-hydroxylation sites is 1. The minimum absolute atomic E-state index is 0.399. The van der Waals surface area contributed by atoms with E-state index in [4.69, 9.17) is 11.0 Å². The van der Waals surface area contributed by atoms with Crippen molar-refractivity contribution >= 4 is 17.3 Å². The van der Waals surface area contributed by atoms with Crippen molar-refractivity contribution in [2.45, 2.75) is 0 Å². The van der Waals surface area contributed by atoms with Crippen LogP contribution in [0.1, 0.15) is 5.56 Å². The predicted molar refractivity (Wildman–Crippen MR) is 65.7 cm³/mol. The van der Waals surface area contributed by atoms with Crippen LogP contribution in [0.3, 0.4) is 0 Å². The van der Waals surface area contributed by atoms with Gasteiger partial charge in [-0.3, -0.25) is 0 Å². The third-order valence-electron chi connectivity index (χ3n) is 2.40. The lowest BCUT2D eigenvalue weighted by molar-refractivity contribution is 1.08. The van der Waals surface area contributed by atoms with Crippen LogP contribution in [-0.4, -0.2) is 17.0 Å². The molecule has 0 unspecified atom stereocenters. The normalized spacial score (nSPS) is 9.65. The average Bonchev–Trinajstić information content (AvgIpc) is 2.38. The van der Waals surface area contributed by atoms with E-state index >= 15 is 0 Å². The van der Waals surface area contributed by atoms with Crippen LogP contribution in [0.25, 0.3) is 0 Å². The highest BCUT2D eigenvalue weighted by atomic mass is 15.2. The molecular formula is C12H11N5. The molecule has 0 amide bonds. The van der Waals surface area contributed by atoms with E-state index in [2.05, 4.69) is 16.0 Å². The van der Waals surface area contributed by atoms with Crippen LogP contribution in [0.15, 0.2) is 36.7 Å². The van der Waals surface area contributed by atoms with Crippen LogP contribution in [0.5, 0.6) is 0 Å². The highest BCUT2D eigenvalue weighted by Gasteiger charge is 2.09. The second-order valence-electron chi connectivity index (χ2n) is 3.49. The van der Waals surface area contributed by atoms with Crippen LogP contribution >= 0.6 is 0 Å². The largest absolute Gasteiger partial charge is 0.384 e. The molecule has 0 aliphatic rings. The minimum Gasteiger partial charge on any atom is -0.384 e. The Hall–Kier alpha value is -2.61.